The van der Waals surface area contributed by atoms with Crippen LogP contribution >= 0.6 is 0 Å². The molecule has 0 N–H and O–H groups in total. The molecule has 2 aromatic carbocycles. The summed E-state index contributed by atoms with van der Waals surface area (Å²) in [6.07, 6.45) is 8.54. The zero-order valence-electron chi connectivity index (χ0n) is 19.2. The molecule has 0 atom stereocenters. The van der Waals surface area contributed by atoms with Crippen molar-refractivity contribution in [2.75, 3.05) is 33.2 Å². The van der Waals surface area contributed by atoms with Crippen LogP contribution < -0.4 is 0 Å². The number of piperidine rings is 1. The second-order valence-electron chi connectivity index (χ2n) is 9.01. The summed E-state index contributed by atoms with van der Waals surface area (Å²) < 4.78 is 41.1. The van der Waals surface area contributed by atoms with Gasteiger partial charge in [-0.15, -0.1) is 0 Å². The highest BCUT2D eigenvalue weighted by Crippen LogP contribution is 2.26. The molecule has 0 aliphatic carbocycles. The molecule has 1 saturated heterocycles. The second kappa shape index (κ2) is 10.7. The Bertz CT molecular complexity index is 1150. The van der Waals surface area contributed by atoms with E-state index in [1.807, 2.05) is 18.2 Å². The molecule has 0 amide bonds. The van der Waals surface area contributed by atoms with E-state index in [0.29, 0.717) is 17.4 Å². The molecule has 3 aromatic rings. The van der Waals surface area contributed by atoms with Gasteiger partial charge in [-0.25, -0.2) is 17.1 Å². The maximum Gasteiger partial charge on any atom is 0.243 e. The van der Waals surface area contributed by atoms with E-state index in [4.69, 9.17) is 0 Å². The van der Waals surface area contributed by atoms with Gasteiger partial charge in [-0.2, -0.15) is 0 Å². The topological polar surface area (TPSA) is 53.5 Å². The molecule has 2 heterocycles. The molecular formula is C26H32FN3O2S. The molecule has 0 unspecified atom stereocenters. The van der Waals surface area contributed by atoms with Crippen LogP contribution in [0.3, 0.4) is 0 Å². The van der Waals surface area contributed by atoms with Gasteiger partial charge in [0.2, 0.25) is 10.0 Å². The van der Waals surface area contributed by atoms with Crippen molar-refractivity contribution in [2.45, 2.75) is 37.0 Å². The van der Waals surface area contributed by atoms with E-state index in [1.54, 1.807) is 37.6 Å². The Morgan fingerprint density at radius 1 is 1.06 bits per heavy atom. The first-order valence-electron chi connectivity index (χ1n) is 11.7. The lowest BCUT2D eigenvalue weighted by molar-refractivity contribution is 0.170. The molecule has 7 heteroatoms. The number of likely N-dealkylation sites (tertiary alicyclic amines) is 1. The summed E-state index contributed by atoms with van der Waals surface area (Å²) in [4.78, 5) is 6.93. The number of fused-ring (bicyclic) bond motifs is 1. The standard InChI is InChI=1S/C26H32FN3O2S/c1-29(33(31,32)26-7-4-6-23-19-28-15-12-25(23)26)20-22-13-17-30(18-14-22)16-3-2-5-21-8-10-24(27)11-9-21/h4,6-12,15,19,22H,2-3,5,13-14,16-18,20H2,1H3. The molecule has 33 heavy (non-hydrogen) atoms. The van der Waals surface area contributed by atoms with Gasteiger partial charge < -0.3 is 4.90 Å². The van der Waals surface area contributed by atoms with Crippen LogP contribution in [0.5, 0.6) is 0 Å². The Hall–Kier alpha value is -2.35. The van der Waals surface area contributed by atoms with Crippen LogP contribution in [0.25, 0.3) is 10.8 Å². The molecule has 0 spiro atoms. The van der Waals surface area contributed by atoms with Crippen LogP contribution in [0.2, 0.25) is 0 Å². The average molecular weight is 470 g/mol. The SMILES string of the molecule is CN(CC1CCN(CCCCc2ccc(F)cc2)CC1)S(=O)(=O)c1cccc2cnccc12. The second-order valence-corrected chi connectivity index (χ2v) is 11.0. The first-order valence-corrected chi connectivity index (χ1v) is 13.1. The first-order chi connectivity index (χ1) is 15.9. The predicted molar refractivity (Wildman–Crippen MR) is 130 cm³/mol. The number of halogens is 1. The van der Waals surface area contributed by atoms with E-state index in [0.717, 1.165) is 62.5 Å². The minimum atomic E-state index is -3.56. The summed E-state index contributed by atoms with van der Waals surface area (Å²) in [5.41, 5.74) is 1.18. The summed E-state index contributed by atoms with van der Waals surface area (Å²) in [6.45, 7) is 3.62. The van der Waals surface area contributed by atoms with Gasteiger partial charge in [0, 0.05) is 36.8 Å². The van der Waals surface area contributed by atoms with Gasteiger partial charge in [-0.1, -0.05) is 24.3 Å². The highest BCUT2D eigenvalue weighted by Gasteiger charge is 2.27. The van der Waals surface area contributed by atoms with E-state index >= 15 is 0 Å². The number of aryl methyl sites for hydroxylation is 1. The number of hydrogen-bond donors (Lipinski definition) is 0. The Morgan fingerprint density at radius 2 is 1.82 bits per heavy atom. The predicted octanol–water partition coefficient (Wildman–Crippen LogP) is 4.73. The number of unbranched alkanes of at least 4 members (excludes halogenated alkanes) is 1. The summed E-state index contributed by atoms with van der Waals surface area (Å²) in [5.74, 6) is 0.186. The number of aromatic nitrogens is 1. The van der Waals surface area contributed by atoms with Gasteiger partial charge in [-0.3, -0.25) is 4.98 Å². The van der Waals surface area contributed by atoms with Crippen LogP contribution in [-0.2, 0) is 16.4 Å². The van der Waals surface area contributed by atoms with Gasteiger partial charge in [-0.05, 0) is 87.5 Å². The molecule has 4 rings (SSSR count). The Morgan fingerprint density at radius 3 is 2.58 bits per heavy atom. The lowest BCUT2D eigenvalue weighted by Gasteiger charge is -2.33. The molecule has 1 aliphatic rings. The molecular weight excluding hydrogens is 437 g/mol. The third-order valence-corrected chi connectivity index (χ3v) is 8.54. The van der Waals surface area contributed by atoms with Gasteiger partial charge in [0.05, 0.1) is 4.90 Å². The van der Waals surface area contributed by atoms with Crippen LogP contribution in [0, 0.1) is 11.7 Å². The molecule has 1 aliphatic heterocycles. The monoisotopic (exact) mass is 469 g/mol. The van der Waals surface area contributed by atoms with Crippen LogP contribution in [0.15, 0.2) is 65.8 Å². The van der Waals surface area contributed by atoms with Crippen LogP contribution in [0.4, 0.5) is 4.39 Å². The number of sulfonamides is 1. The van der Waals surface area contributed by atoms with Crippen molar-refractivity contribution < 1.29 is 12.8 Å². The highest BCUT2D eigenvalue weighted by atomic mass is 32.2. The van der Waals surface area contributed by atoms with E-state index in [1.165, 1.54) is 22.0 Å². The normalized spacial score (nSPS) is 16.0. The van der Waals surface area contributed by atoms with Crippen molar-refractivity contribution in [1.29, 1.82) is 0 Å². The third-order valence-electron chi connectivity index (χ3n) is 6.65. The van der Waals surface area contributed by atoms with Gasteiger partial charge >= 0.3 is 0 Å². The number of nitrogens with zero attached hydrogens (tertiary/aromatic N) is 3. The van der Waals surface area contributed by atoms with Gasteiger partial charge in [0.25, 0.3) is 0 Å². The summed E-state index contributed by atoms with van der Waals surface area (Å²) in [7, 11) is -1.87. The highest BCUT2D eigenvalue weighted by molar-refractivity contribution is 7.89. The Balaban J connectivity index is 1.24. The zero-order valence-corrected chi connectivity index (χ0v) is 20.0. The molecule has 0 bridgehead atoms. The fraction of sp³-hybridized carbons (Fsp3) is 0.423. The summed E-state index contributed by atoms with van der Waals surface area (Å²) in [5, 5.41) is 1.55. The third kappa shape index (κ3) is 5.96. The molecule has 176 valence electrons. The largest absolute Gasteiger partial charge is 0.303 e. The zero-order chi connectivity index (χ0) is 23.3. The molecule has 1 fully saturated rings. The quantitative estimate of drug-likeness (QED) is 0.425. The van der Waals surface area contributed by atoms with Crippen molar-refractivity contribution >= 4 is 20.8 Å². The fourth-order valence-corrected chi connectivity index (χ4v) is 6.11. The lowest BCUT2D eigenvalue weighted by atomic mass is 9.96. The van der Waals surface area contributed by atoms with E-state index in [-0.39, 0.29) is 5.82 Å². The molecule has 5 nitrogen and oxygen atoms in total. The maximum atomic E-state index is 13.3. The van der Waals surface area contributed by atoms with Gasteiger partial charge in [0.15, 0.2) is 0 Å². The van der Waals surface area contributed by atoms with Crippen molar-refractivity contribution in [1.82, 2.24) is 14.2 Å². The maximum absolute atomic E-state index is 13.3. The Kier molecular flexibility index (Phi) is 7.73. The minimum absolute atomic E-state index is 0.186. The first kappa shape index (κ1) is 23.8. The van der Waals surface area contributed by atoms with Crippen LogP contribution in [0.1, 0.15) is 31.2 Å². The number of pyridine rings is 1. The average Bonchev–Trinajstić information content (AvgIpc) is 2.83. The van der Waals surface area contributed by atoms with Crippen LogP contribution in [-0.4, -0.2) is 55.8 Å². The molecule has 1 aromatic heterocycles. The minimum Gasteiger partial charge on any atom is -0.303 e. The van der Waals surface area contributed by atoms with Crippen molar-refractivity contribution in [3.63, 3.8) is 0 Å². The summed E-state index contributed by atoms with van der Waals surface area (Å²) >= 11 is 0. The Labute approximate surface area is 196 Å². The number of rotatable bonds is 9. The molecule has 0 saturated carbocycles. The van der Waals surface area contributed by atoms with Crippen molar-refractivity contribution in [2.24, 2.45) is 5.92 Å². The van der Waals surface area contributed by atoms with Crippen molar-refractivity contribution in [3.8, 4) is 0 Å². The smallest absolute Gasteiger partial charge is 0.243 e. The number of benzene rings is 2. The van der Waals surface area contributed by atoms with E-state index in [2.05, 4.69) is 9.88 Å². The number of hydrogen-bond acceptors (Lipinski definition) is 4. The lowest BCUT2D eigenvalue weighted by Crippen LogP contribution is -2.39. The van der Waals surface area contributed by atoms with E-state index in [9.17, 15) is 12.8 Å². The van der Waals surface area contributed by atoms with Crippen molar-refractivity contribution in [3.05, 3.63) is 72.3 Å². The van der Waals surface area contributed by atoms with Gasteiger partial charge in [0.1, 0.15) is 5.82 Å². The van der Waals surface area contributed by atoms with E-state index < -0.39 is 10.0 Å². The molecule has 0 radical (unpaired) electrons. The fourth-order valence-electron chi connectivity index (χ4n) is 4.66. The summed E-state index contributed by atoms with van der Waals surface area (Å²) in [6, 6.07) is 13.9.